The molecule has 0 aliphatic heterocycles. The van der Waals surface area contributed by atoms with Gasteiger partial charge in [-0.1, -0.05) is 0 Å². The predicted octanol–water partition coefficient (Wildman–Crippen LogP) is 1.99. The fourth-order valence-corrected chi connectivity index (χ4v) is 1.39. The molecule has 1 amide bonds. The summed E-state index contributed by atoms with van der Waals surface area (Å²) in [5.74, 6) is -10.9. The normalized spacial score (nSPS) is 12.5. The molecule has 1 aromatic heterocycles. The van der Waals surface area contributed by atoms with Gasteiger partial charge in [-0.05, 0) is 20.8 Å². The van der Waals surface area contributed by atoms with E-state index in [1.165, 1.54) is 20.8 Å². The fourth-order valence-electron chi connectivity index (χ4n) is 1.39. The highest BCUT2D eigenvalue weighted by Gasteiger charge is 2.27. The van der Waals surface area contributed by atoms with Crippen molar-refractivity contribution < 1.29 is 41.7 Å². The van der Waals surface area contributed by atoms with Gasteiger partial charge < -0.3 is 19.9 Å². The van der Waals surface area contributed by atoms with Crippen LogP contribution in [0.1, 0.15) is 20.8 Å². The first-order valence-corrected chi connectivity index (χ1v) is 6.47. The van der Waals surface area contributed by atoms with Gasteiger partial charge in [-0.2, -0.15) is 22.5 Å². The molecule has 1 aromatic rings. The van der Waals surface area contributed by atoms with E-state index in [1.54, 1.807) is 0 Å². The van der Waals surface area contributed by atoms with Gasteiger partial charge in [0.1, 0.15) is 12.2 Å². The molecule has 0 saturated carbocycles. The highest BCUT2D eigenvalue weighted by Crippen LogP contribution is 2.24. The first-order valence-electron chi connectivity index (χ1n) is 6.47. The Labute approximate surface area is 133 Å². The molecule has 0 aliphatic rings. The van der Waals surface area contributed by atoms with Crippen LogP contribution < -0.4 is 10.1 Å². The maximum absolute atomic E-state index is 13.4. The fraction of sp³-hybridized carbons (Fsp3) is 0.462. The minimum atomic E-state index is -1.96. The number of alkyl carbamates (subject to hydrolysis) is 1. The van der Waals surface area contributed by atoms with Gasteiger partial charge in [0, 0.05) is 0 Å². The molecule has 0 unspecified atom stereocenters. The summed E-state index contributed by atoms with van der Waals surface area (Å²) in [7, 11) is 0. The number of aromatic nitrogens is 1. The number of aliphatic carboxylic acids is 1. The number of rotatable bonds is 5. The second-order valence-corrected chi connectivity index (χ2v) is 5.50. The number of ether oxygens (including phenoxy) is 2. The topological polar surface area (TPSA) is 97.8 Å². The highest BCUT2D eigenvalue weighted by molar-refractivity contribution is 5.80. The molecule has 0 fully saturated rings. The molecule has 1 heterocycles. The summed E-state index contributed by atoms with van der Waals surface area (Å²) in [6.45, 7) is 3.54. The van der Waals surface area contributed by atoms with Crippen LogP contribution in [0.15, 0.2) is 0 Å². The molecular formula is C13H14F4N2O5. The van der Waals surface area contributed by atoms with Crippen LogP contribution in [0.4, 0.5) is 22.4 Å². The SMILES string of the molecule is CC(C)(C)OC(=O)N[C@@H](COc1c(F)c(F)nc(F)c1F)C(=O)O. The minimum absolute atomic E-state index is 0.927. The van der Waals surface area contributed by atoms with Crippen LogP contribution in [0.2, 0.25) is 0 Å². The number of nitrogens with one attached hydrogen (secondary N) is 1. The van der Waals surface area contributed by atoms with Crippen molar-refractivity contribution in [1.82, 2.24) is 10.3 Å². The first-order chi connectivity index (χ1) is 10.9. The lowest BCUT2D eigenvalue weighted by atomic mass is 10.2. The Bertz CT molecular complexity index is 622. The number of hydrogen-bond donors (Lipinski definition) is 2. The van der Waals surface area contributed by atoms with E-state index in [-0.39, 0.29) is 0 Å². The quantitative estimate of drug-likeness (QED) is 0.620. The Morgan fingerprint density at radius 3 is 2.08 bits per heavy atom. The van der Waals surface area contributed by atoms with Gasteiger partial charge in [0.25, 0.3) is 11.9 Å². The number of pyridine rings is 1. The molecular weight excluding hydrogens is 340 g/mol. The number of halogens is 4. The van der Waals surface area contributed by atoms with E-state index in [2.05, 4.69) is 9.72 Å². The Morgan fingerprint density at radius 1 is 1.17 bits per heavy atom. The van der Waals surface area contributed by atoms with E-state index in [9.17, 15) is 27.2 Å². The highest BCUT2D eigenvalue weighted by atomic mass is 19.2. The van der Waals surface area contributed by atoms with E-state index in [1.807, 2.05) is 5.32 Å². The molecule has 0 aromatic carbocycles. The number of hydrogen-bond acceptors (Lipinski definition) is 5. The van der Waals surface area contributed by atoms with Crippen molar-refractivity contribution in [3.8, 4) is 5.75 Å². The number of amides is 1. The number of carboxylic acids is 1. The smallest absolute Gasteiger partial charge is 0.408 e. The molecule has 0 radical (unpaired) electrons. The summed E-state index contributed by atoms with van der Waals surface area (Å²) in [6.07, 6.45) is -1.13. The molecule has 0 bridgehead atoms. The number of nitrogens with zero attached hydrogens (tertiary/aromatic N) is 1. The summed E-state index contributed by atoms with van der Waals surface area (Å²) in [6, 6.07) is -1.79. The summed E-state index contributed by atoms with van der Waals surface area (Å²) >= 11 is 0. The van der Waals surface area contributed by atoms with E-state index < -0.39 is 59.6 Å². The van der Waals surface area contributed by atoms with Crippen molar-refractivity contribution in [3.63, 3.8) is 0 Å². The zero-order valence-corrected chi connectivity index (χ0v) is 12.8. The maximum atomic E-state index is 13.4. The molecule has 0 aliphatic carbocycles. The second kappa shape index (κ2) is 7.32. The molecule has 134 valence electrons. The molecule has 2 N–H and O–H groups in total. The third-order valence-corrected chi connectivity index (χ3v) is 2.34. The lowest BCUT2D eigenvalue weighted by Gasteiger charge is -2.22. The predicted molar refractivity (Wildman–Crippen MR) is 70.4 cm³/mol. The Morgan fingerprint density at radius 2 is 1.67 bits per heavy atom. The van der Waals surface area contributed by atoms with Crippen LogP contribution in [0.3, 0.4) is 0 Å². The van der Waals surface area contributed by atoms with Crippen molar-refractivity contribution in [2.24, 2.45) is 0 Å². The van der Waals surface area contributed by atoms with Crippen LogP contribution in [0, 0.1) is 23.5 Å². The lowest BCUT2D eigenvalue weighted by molar-refractivity contribution is -0.140. The van der Waals surface area contributed by atoms with Crippen molar-refractivity contribution >= 4 is 12.1 Å². The number of carbonyl (C=O) groups is 2. The summed E-state index contributed by atoms with van der Waals surface area (Å²) in [5.41, 5.74) is -0.927. The Hall–Kier alpha value is -2.59. The second-order valence-electron chi connectivity index (χ2n) is 5.50. The molecule has 1 atom stereocenters. The molecule has 1 rings (SSSR count). The van der Waals surface area contributed by atoms with Crippen molar-refractivity contribution in [2.45, 2.75) is 32.4 Å². The molecule has 24 heavy (non-hydrogen) atoms. The Kier molecular flexibility index (Phi) is 5.93. The standard InChI is InChI=1S/C13H14F4N2O5/c1-13(2,3)24-12(22)18-5(11(20)21)4-23-8-6(14)9(16)19-10(17)7(8)15/h5H,4H2,1-3H3,(H,18,22)(H,20,21)/t5-/m0/s1. The van der Waals surface area contributed by atoms with Gasteiger partial charge in [0.15, 0.2) is 6.04 Å². The third kappa shape index (κ3) is 5.25. The van der Waals surface area contributed by atoms with Crippen LogP contribution in [0.5, 0.6) is 5.75 Å². The van der Waals surface area contributed by atoms with Gasteiger partial charge in [0.2, 0.25) is 17.4 Å². The monoisotopic (exact) mass is 354 g/mol. The van der Waals surface area contributed by atoms with Gasteiger partial charge >= 0.3 is 12.1 Å². The summed E-state index contributed by atoms with van der Waals surface area (Å²) in [4.78, 5) is 24.8. The number of carbonyl (C=O) groups excluding carboxylic acids is 1. The average molecular weight is 354 g/mol. The maximum Gasteiger partial charge on any atom is 0.408 e. The molecule has 0 spiro atoms. The van der Waals surface area contributed by atoms with Gasteiger partial charge in [0.05, 0.1) is 0 Å². The Balaban J connectivity index is 2.86. The van der Waals surface area contributed by atoms with Crippen molar-refractivity contribution in [2.75, 3.05) is 6.61 Å². The van der Waals surface area contributed by atoms with Crippen LogP contribution in [0.25, 0.3) is 0 Å². The van der Waals surface area contributed by atoms with E-state index in [4.69, 9.17) is 9.84 Å². The van der Waals surface area contributed by atoms with Crippen molar-refractivity contribution in [1.29, 1.82) is 0 Å². The third-order valence-electron chi connectivity index (χ3n) is 2.34. The van der Waals surface area contributed by atoms with E-state index >= 15 is 0 Å². The van der Waals surface area contributed by atoms with E-state index in [0.29, 0.717) is 0 Å². The number of carboxylic acid groups (broad SMARTS) is 1. The van der Waals surface area contributed by atoms with Crippen LogP contribution in [-0.2, 0) is 9.53 Å². The van der Waals surface area contributed by atoms with Crippen molar-refractivity contribution in [3.05, 3.63) is 23.5 Å². The summed E-state index contributed by atoms with van der Waals surface area (Å²) in [5, 5.41) is 10.8. The van der Waals surface area contributed by atoms with Gasteiger partial charge in [-0.3, -0.25) is 0 Å². The zero-order valence-electron chi connectivity index (χ0n) is 12.8. The molecule has 11 heteroatoms. The van der Waals surface area contributed by atoms with Crippen LogP contribution >= 0.6 is 0 Å². The first kappa shape index (κ1) is 19.5. The molecule has 0 saturated heterocycles. The largest absolute Gasteiger partial charge is 0.485 e. The van der Waals surface area contributed by atoms with E-state index in [0.717, 1.165) is 0 Å². The summed E-state index contributed by atoms with van der Waals surface area (Å²) < 4.78 is 61.8. The van der Waals surface area contributed by atoms with Gasteiger partial charge in [-0.25, -0.2) is 9.59 Å². The lowest BCUT2D eigenvalue weighted by Crippen LogP contribution is -2.46. The minimum Gasteiger partial charge on any atom is -0.485 e. The van der Waals surface area contributed by atoms with Crippen LogP contribution in [-0.4, -0.2) is 40.4 Å². The molecule has 7 nitrogen and oxygen atoms in total. The zero-order chi connectivity index (χ0) is 18.7. The average Bonchev–Trinajstić information content (AvgIpc) is 2.41. The van der Waals surface area contributed by atoms with Gasteiger partial charge in [-0.15, -0.1) is 0 Å².